The standard InChI is InChI=1S/C38H36Cl2N2O6/c1-47-35-21-27(33(43)11-9-25-5-3-7-31(39)17-25)19-29(37(35)45)23-41-13-15-42(16-14-41)24-30-20-28(22-36(48-2)38(30)46)34(44)12-10-26-6-4-8-32(40)18-26/h3-12,17-22,45-46H,13-16,23-24H2,1-2H3/b11-9+,12-10+. The number of phenolic OH excluding ortho intramolecular Hbond substituents is 2. The first-order valence-corrected chi connectivity index (χ1v) is 16.1. The van der Waals surface area contributed by atoms with Gasteiger partial charge in [0.2, 0.25) is 0 Å². The summed E-state index contributed by atoms with van der Waals surface area (Å²) in [4.78, 5) is 30.5. The fourth-order valence-electron chi connectivity index (χ4n) is 5.51. The van der Waals surface area contributed by atoms with Crippen LogP contribution in [-0.2, 0) is 13.1 Å². The van der Waals surface area contributed by atoms with Crippen molar-refractivity contribution < 1.29 is 29.3 Å². The van der Waals surface area contributed by atoms with Crippen LogP contribution in [0.3, 0.4) is 0 Å². The van der Waals surface area contributed by atoms with E-state index >= 15 is 0 Å². The second-order valence-corrected chi connectivity index (χ2v) is 12.3. The zero-order valence-electron chi connectivity index (χ0n) is 26.7. The molecule has 0 aliphatic carbocycles. The lowest BCUT2D eigenvalue weighted by molar-refractivity contribution is 0.103. The van der Waals surface area contributed by atoms with Crippen LogP contribution in [0.5, 0.6) is 23.0 Å². The molecule has 1 aliphatic rings. The van der Waals surface area contributed by atoms with E-state index in [9.17, 15) is 19.8 Å². The Labute approximate surface area is 290 Å². The number of phenols is 2. The Bertz CT molecular complexity index is 1730. The van der Waals surface area contributed by atoms with Gasteiger partial charge in [-0.3, -0.25) is 19.4 Å². The molecular formula is C38H36Cl2N2O6. The van der Waals surface area contributed by atoms with Crippen LogP contribution in [0.4, 0.5) is 0 Å². The van der Waals surface area contributed by atoms with Crippen molar-refractivity contribution in [1.29, 1.82) is 0 Å². The van der Waals surface area contributed by atoms with Crippen LogP contribution in [0, 0.1) is 0 Å². The molecule has 0 amide bonds. The lowest BCUT2D eigenvalue weighted by Crippen LogP contribution is -2.45. The number of ketones is 2. The molecule has 2 N–H and O–H groups in total. The van der Waals surface area contributed by atoms with Crippen molar-refractivity contribution in [1.82, 2.24) is 9.80 Å². The zero-order chi connectivity index (χ0) is 34.2. The van der Waals surface area contributed by atoms with E-state index in [1.54, 1.807) is 48.6 Å². The number of hydrogen-bond acceptors (Lipinski definition) is 8. The minimum atomic E-state index is -0.227. The molecule has 1 aliphatic heterocycles. The lowest BCUT2D eigenvalue weighted by Gasteiger charge is -2.35. The van der Waals surface area contributed by atoms with Crippen molar-refractivity contribution in [3.05, 3.63) is 128 Å². The number of aromatic hydroxyl groups is 2. The maximum atomic E-state index is 13.1. The van der Waals surface area contributed by atoms with Crippen LogP contribution >= 0.6 is 23.2 Å². The average Bonchev–Trinajstić information content (AvgIpc) is 3.08. The third-order valence-electron chi connectivity index (χ3n) is 8.12. The Balaban J connectivity index is 1.24. The largest absolute Gasteiger partial charge is 0.504 e. The number of benzene rings is 4. The normalized spacial score (nSPS) is 14.1. The highest BCUT2D eigenvalue weighted by Gasteiger charge is 2.23. The fraction of sp³-hybridized carbons (Fsp3) is 0.211. The number of ether oxygens (including phenoxy) is 2. The summed E-state index contributed by atoms with van der Waals surface area (Å²) in [6.45, 7) is 3.52. The summed E-state index contributed by atoms with van der Waals surface area (Å²) in [6, 6.07) is 20.9. The van der Waals surface area contributed by atoms with Gasteiger partial charge < -0.3 is 19.7 Å². The minimum Gasteiger partial charge on any atom is -0.504 e. The summed E-state index contributed by atoms with van der Waals surface area (Å²) in [5, 5.41) is 22.9. The van der Waals surface area contributed by atoms with E-state index in [0.29, 0.717) is 71.6 Å². The molecule has 1 fully saturated rings. The molecule has 0 radical (unpaired) electrons. The van der Waals surface area contributed by atoms with E-state index in [1.165, 1.54) is 38.5 Å². The molecule has 0 saturated carbocycles. The fourth-order valence-corrected chi connectivity index (χ4v) is 5.91. The van der Waals surface area contributed by atoms with Crippen molar-refractivity contribution >= 4 is 46.9 Å². The molecule has 0 atom stereocenters. The summed E-state index contributed by atoms with van der Waals surface area (Å²) in [5.74, 6) is 0.000670. The molecule has 5 rings (SSSR count). The van der Waals surface area contributed by atoms with Crippen LogP contribution in [0.25, 0.3) is 12.2 Å². The van der Waals surface area contributed by atoms with Crippen molar-refractivity contribution in [2.75, 3.05) is 40.4 Å². The monoisotopic (exact) mass is 686 g/mol. The molecule has 48 heavy (non-hydrogen) atoms. The number of carbonyl (C=O) groups is 2. The molecule has 0 bridgehead atoms. The van der Waals surface area contributed by atoms with E-state index in [2.05, 4.69) is 9.80 Å². The molecule has 0 aromatic heterocycles. The smallest absolute Gasteiger partial charge is 0.186 e. The van der Waals surface area contributed by atoms with E-state index in [-0.39, 0.29) is 34.6 Å². The Morgan fingerprint density at radius 1 is 0.667 bits per heavy atom. The van der Waals surface area contributed by atoms with Crippen molar-refractivity contribution in [2.45, 2.75) is 13.1 Å². The first kappa shape index (κ1) is 34.7. The number of piperazine rings is 1. The molecule has 0 spiro atoms. The Morgan fingerprint density at radius 3 is 1.42 bits per heavy atom. The Hall–Kier alpha value is -4.60. The van der Waals surface area contributed by atoms with Gasteiger partial charge in [-0.1, -0.05) is 59.6 Å². The summed E-state index contributed by atoms with van der Waals surface area (Å²) < 4.78 is 10.8. The van der Waals surface area contributed by atoms with Gasteiger partial charge in [0.15, 0.2) is 34.6 Å². The quantitative estimate of drug-likeness (QED) is 0.117. The van der Waals surface area contributed by atoms with Crippen molar-refractivity contribution in [3.8, 4) is 23.0 Å². The van der Waals surface area contributed by atoms with Crippen LogP contribution < -0.4 is 9.47 Å². The summed E-state index contributed by atoms with van der Waals surface area (Å²) >= 11 is 12.1. The second-order valence-electron chi connectivity index (χ2n) is 11.4. The molecular weight excluding hydrogens is 651 g/mol. The molecule has 1 saturated heterocycles. The van der Waals surface area contributed by atoms with Gasteiger partial charge in [-0.2, -0.15) is 0 Å². The maximum absolute atomic E-state index is 13.1. The number of hydrogen-bond donors (Lipinski definition) is 2. The van der Waals surface area contributed by atoms with Crippen LogP contribution in [0.2, 0.25) is 10.0 Å². The number of methoxy groups -OCH3 is 2. The van der Waals surface area contributed by atoms with Gasteiger partial charge in [-0.25, -0.2) is 0 Å². The van der Waals surface area contributed by atoms with Gasteiger partial charge in [0.25, 0.3) is 0 Å². The van der Waals surface area contributed by atoms with Gasteiger partial charge in [0.05, 0.1) is 14.2 Å². The van der Waals surface area contributed by atoms with Gasteiger partial charge in [-0.05, 0) is 71.8 Å². The minimum absolute atomic E-state index is 0.00166. The molecule has 4 aromatic carbocycles. The highest BCUT2D eigenvalue weighted by Crippen LogP contribution is 2.35. The summed E-state index contributed by atoms with van der Waals surface area (Å²) in [5.41, 5.74) is 3.57. The van der Waals surface area contributed by atoms with E-state index in [1.807, 2.05) is 24.3 Å². The highest BCUT2D eigenvalue weighted by atomic mass is 35.5. The number of carbonyl (C=O) groups excluding carboxylic acids is 2. The number of halogens is 2. The number of nitrogens with zero attached hydrogens (tertiary/aromatic N) is 2. The van der Waals surface area contributed by atoms with Crippen molar-refractivity contribution in [3.63, 3.8) is 0 Å². The third-order valence-corrected chi connectivity index (χ3v) is 8.59. The van der Waals surface area contributed by atoms with E-state index < -0.39 is 0 Å². The Kier molecular flexibility index (Phi) is 11.6. The molecule has 4 aromatic rings. The second kappa shape index (κ2) is 16.0. The predicted molar refractivity (Wildman–Crippen MR) is 190 cm³/mol. The first-order valence-electron chi connectivity index (χ1n) is 15.3. The number of rotatable bonds is 12. The summed E-state index contributed by atoms with van der Waals surface area (Å²) in [7, 11) is 2.91. The van der Waals surface area contributed by atoms with Crippen LogP contribution in [-0.4, -0.2) is 72.0 Å². The van der Waals surface area contributed by atoms with Crippen LogP contribution in [0.1, 0.15) is 43.0 Å². The molecule has 8 nitrogen and oxygen atoms in total. The average molecular weight is 688 g/mol. The molecule has 248 valence electrons. The van der Waals surface area contributed by atoms with Crippen LogP contribution in [0.15, 0.2) is 84.9 Å². The van der Waals surface area contributed by atoms with Gasteiger partial charge in [0, 0.05) is 71.6 Å². The Morgan fingerprint density at radius 2 is 1.06 bits per heavy atom. The topological polar surface area (TPSA) is 99.5 Å². The molecule has 0 unspecified atom stereocenters. The number of allylic oxidation sites excluding steroid dienone is 2. The third kappa shape index (κ3) is 8.85. The SMILES string of the molecule is COc1cc(C(=O)/C=C/c2cccc(Cl)c2)cc(CN2CCN(Cc3cc(C(=O)/C=C/c4cccc(Cl)c4)cc(OC)c3O)CC2)c1O. The van der Waals surface area contributed by atoms with Gasteiger partial charge in [0.1, 0.15) is 0 Å². The zero-order valence-corrected chi connectivity index (χ0v) is 28.2. The highest BCUT2D eigenvalue weighted by molar-refractivity contribution is 6.31. The van der Waals surface area contributed by atoms with E-state index in [4.69, 9.17) is 32.7 Å². The first-order chi connectivity index (χ1) is 23.1. The summed E-state index contributed by atoms with van der Waals surface area (Å²) in [6.07, 6.45) is 6.34. The molecule has 1 heterocycles. The van der Waals surface area contributed by atoms with Gasteiger partial charge in [-0.15, -0.1) is 0 Å². The van der Waals surface area contributed by atoms with E-state index in [0.717, 1.165) is 11.1 Å². The molecule has 10 heteroatoms. The lowest BCUT2D eigenvalue weighted by atomic mass is 10.0. The predicted octanol–water partition coefficient (Wildman–Crippen LogP) is 7.53. The van der Waals surface area contributed by atoms with Crippen molar-refractivity contribution in [2.24, 2.45) is 0 Å². The maximum Gasteiger partial charge on any atom is 0.186 e. The van der Waals surface area contributed by atoms with Gasteiger partial charge >= 0.3 is 0 Å².